The fraction of sp³-hybridized carbons (Fsp3) is 0.316. The van der Waals surface area contributed by atoms with Gasteiger partial charge in [-0.1, -0.05) is 35.9 Å². The molecular weight excluding hydrogens is 358 g/mol. The highest BCUT2D eigenvalue weighted by Gasteiger charge is 2.30. The van der Waals surface area contributed by atoms with Crippen molar-refractivity contribution in [3.63, 3.8) is 0 Å². The summed E-state index contributed by atoms with van der Waals surface area (Å²) in [4.78, 5) is 14.9. The third kappa shape index (κ3) is 4.05. The maximum atomic E-state index is 12.9. The molecule has 2 aromatic rings. The van der Waals surface area contributed by atoms with Crippen LogP contribution in [0.2, 0.25) is 5.02 Å². The van der Waals surface area contributed by atoms with Crippen LogP contribution in [-0.4, -0.2) is 38.1 Å². The molecule has 2 aromatic carbocycles. The molecule has 1 amide bonds. The van der Waals surface area contributed by atoms with Crippen molar-refractivity contribution in [2.24, 2.45) is 0 Å². The zero-order chi connectivity index (χ0) is 18.0. The molecule has 1 heterocycles. The summed E-state index contributed by atoms with van der Waals surface area (Å²) in [6, 6.07) is 14.0. The Morgan fingerprint density at radius 3 is 2.68 bits per heavy atom. The third-order valence-corrected chi connectivity index (χ3v) is 6.04. The summed E-state index contributed by atoms with van der Waals surface area (Å²) >= 11 is 6.25. The second-order valence-electron chi connectivity index (χ2n) is 6.39. The molecule has 0 bridgehead atoms. The number of carbonyl (C=O) groups is 1. The Kier molecular flexibility index (Phi) is 5.16. The molecular formula is C19H20ClNO3S. The van der Waals surface area contributed by atoms with Gasteiger partial charge in [0.05, 0.1) is 4.90 Å². The molecule has 0 saturated carbocycles. The van der Waals surface area contributed by atoms with Crippen molar-refractivity contribution < 1.29 is 13.2 Å². The van der Waals surface area contributed by atoms with Crippen molar-refractivity contribution in [2.45, 2.75) is 30.2 Å². The Morgan fingerprint density at radius 1 is 1.20 bits per heavy atom. The van der Waals surface area contributed by atoms with Crippen LogP contribution in [-0.2, 0) is 16.3 Å². The van der Waals surface area contributed by atoms with Crippen molar-refractivity contribution in [3.8, 4) is 0 Å². The van der Waals surface area contributed by atoms with Crippen molar-refractivity contribution in [1.29, 1.82) is 0 Å². The number of carbonyl (C=O) groups excluding carboxylic acids is 1. The van der Waals surface area contributed by atoms with E-state index < -0.39 is 9.84 Å². The topological polar surface area (TPSA) is 54.5 Å². The number of halogens is 1. The maximum absolute atomic E-state index is 12.9. The van der Waals surface area contributed by atoms with Gasteiger partial charge in [-0.25, -0.2) is 8.42 Å². The van der Waals surface area contributed by atoms with Crippen LogP contribution in [0.1, 0.15) is 28.8 Å². The first-order valence-electron chi connectivity index (χ1n) is 8.21. The highest BCUT2D eigenvalue weighted by atomic mass is 35.5. The van der Waals surface area contributed by atoms with Gasteiger partial charge in [-0.2, -0.15) is 0 Å². The number of nitrogens with zero attached hydrogens (tertiary/aromatic N) is 1. The monoisotopic (exact) mass is 377 g/mol. The lowest BCUT2D eigenvalue weighted by molar-refractivity contribution is 0.0736. The molecule has 1 aliphatic rings. The summed E-state index contributed by atoms with van der Waals surface area (Å²) in [6.07, 6.45) is 3.71. The Labute approximate surface area is 153 Å². The van der Waals surface area contributed by atoms with Crippen LogP contribution in [0.3, 0.4) is 0 Å². The molecule has 132 valence electrons. The van der Waals surface area contributed by atoms with Gasteiger partial charge < -0.3 is 4.90 Å². The predicted molar refractivity (Wildman–Crippen MR) is 98.8 cm³/mol. The summed E-state index contributed by atoms with van der Waals surface area (Å²) < 4.78 is 23.5. The van der Waals surface area contributed by atoms with E-state index in [1.54, 1.807) is 12.1 Å². The van der Waals surface area contributed by atoms with Crippen molar-refractivity contribution >= 4 is 27.3 Å². The van der Waals surface area contributed by atoms with Crippen LogP contribution in [0.4, 0.5) is 0 Å². The molecule has 3 rings (SSSR count). The second kappa shape index (κ2) is 7.18. The quantitative estimate of drug-likeness (QED) is 0.818. The molecule has 0 N–H and O–H groups in total. The first-order valence-corrected chi connectivity index (χ1v) is 10.5. The van der Waals surface area contributed by atoms with Gasteiger partial charge in [0, 0.05) is 29.4 Å². The SMILES string of the molecule is CS(=O)(=O)c1cccc(C(=O)N2CCC[C@@H]2Cc2ccccc2Cl)c1. The number of likely N-dealkylation sites (tertiary alicyclic amines) is 1. The molecule has 0 aliphatic carbocycles. The maximum Gasteiger partial charge on any atom is 0.254 e. The average Bonchev–Trinajstić information content (AvgIpc) is 3.04. The lowest BCUT2D eigenvalue weighted by Gasteiger charge is -2.25. The zero-order valence-corrected chi connectivity index (χ0v) is 15.6. The predicted octanol–water partition coefficient (Wildman–Crippen LogP) is 3.59. The van der Waals surface area contributed by atoms with Gasteiger partial charge in [-0.05, 0) is 49.1 Å². The summed E-state index contributed by atoms with van der Waals surface area (Å²) in [7, 11) is -3.34. The molecule has 6 heteroatoms. The van der Waals surface area contributed by atoms with Crippen molar-refractivity contribution in [1.82, 2.24) is 4.90 Å². The first-order chi connectivity index (χ1) is 11.9. The average molecular weight is 378 g/mol. The van der Waals surface area contributed by atoms with Crippen LogP contribution >= 0.6 is 11.6 Å². The van der Waals surface area contributed by atoms with Crippen molar-refractivity contribution in [3.05, 3.63) is 64.7 Å². The third-order valence-electron chi connectivity index (χ3n) is 4.56. The molecule has 1 aliphatic heterocycles. The van der Waals surface area contributed by atoms with E-state index in [-0.39, 0.29) is 16.8 Å². The highest BCUT2D eigenvalue weighted by Crippen LogP contribution is 2.26. The molecule has 4 nitrogen and oxygen atoms in total. The number of benzene rings is 2. The largest absolute Gasteiger partial charge is 0.335 e. The van der Waals surface area contributed by atoms with E-state index in [1.807, 2.05) is 29.2 Å². The fourth-order valence-electron chi connectivity index (χ4n) is 3.26. The molecule has 1 fully saturated rings. The van der Waals surface area contributed by atoms with Crippen LogP contribution in [0.25, 0.3) is 0 Å². The van der Waals surface area contributed by atoms with Crippen LogP contribution < -0.4 is 0 Å². The summed E-state index contributed by atoms with van der Waals surface area (Å²) in [5, 5.41) is 0.709. The Balaban J connectivity index is 1.83. The normalized spacial score (nSPS) is 17.7. The Bertz CT molecular complexity index is 895. The lowest BCUT2D eigenvalue weighted by Crippen LogP contribution is -2.36. The van der Waals surface area contributed by atoms with E-state index in [0.29, 0.717) is 23.6 Å². The van der Waals surface area contributed by atoms with Gasteiger partial charge in [-0.15, -0.1) is 0 Å². The van der Waals surface area contributed by atoms with Crippen LogP contribution in [0.15, 0.2) is 53.4 Å². The summed E-state index contributed by atoms with van der Waals surface area (Å²) in [5.74, 6) is -0.125. The first kappa shape index (κ1) is 18.0. The van der Waals surface area contributed by atoms with E-state index in [9.17, 15) is 13.2 Å². The Morgan fingerprint density at radius 2 is 1.96 bits per heavy atom. The lowest BCUT2D eigenvalue weighted by atomic mass is 10.0. The molecule has 0 radical (unpaired) electrons. The molecule has 1 atom stereocenters. The van der Waals surface area contributed by atoms with E-state index in [4.69, 9.17) is 11.6 Å². The number of hydrogen-bond donors (Lipinski definition) is 0. The molecule has 0 aromatic heterocycles. The second-order valence-corrected chi connectivity index (χ2v) is 8.81. The van der Waals surface area contributed by atoms with E-state index in [2.05, 4.69) is 0 Å². The van der Waals surface area contributed by atoms with E-state index >= 15 is 0 Å². The number of rotatable bonds is 4. The minimum Gasteiger partial charge on any atom is -0.335 e. The number of hydrogen-bond acceptors (Lipinski definition) is 3. The van der Waals surface area contributed by atoms with Gasteiger partial charge in [-0.3, -0.25) is 4.79 Å². The van der Waals surface area contributed by atoms with Gasteiger partial charge in [0.15, 0.2) is 9.84 Å². The van der Waals surface area contributed by atoms with Crippen molar-refractivity contribution in [2.75, 3.05) is 12.8 Å². The van der Waals surface area contributed by atoms with Crippen LogP contribution in [0.5, 0.6) is 0 Å². The molecule has 0 spiro atoms. The standard InChI is InChI=1S/C19H20ClNO3S/c1-25(23,24)17-9-4-7-15(13-17)19(22)21-11-5-8-16(21)12-14-6-2-3-10-18(14)20/h2-4,6-7,9-10,13,16H,5,8,11-12H2,1H3/t16-/m1/s1. The van der Waals surface area contributed by atoms with Gasteiger partial charge in [0.25, 0.3) is 5.91 Å². The number of amides is 1. The van der Waals surface area contributed by atoms with Gasteiger partial charge in [0.2, 0.25) is 0 Å². The smallest absolute Gasteiger partial charge is 0.254 e. The highest BCUT2D eigenvalue weighted by molar-refractivity contribution is 7.90. The summed E-state index contributed by atoms with van der Waals surface area (Å²) in [6.45, 7) is 0.678. The molecule has 1 saturated heterocycles. The summed E-state index contributed by atoms with van der Waals surface area (Å²) in [5.41, 5.74) is 1.44. The zero-order valence-electron chi connectivity index (χ0n) is 14.0. The molecule has 0 unspecified atom stereocenters. The van der Waals surface area contributed by atoms with E-state index in [0.717, 1.165) is 24.7 Å². The van der Waals surface area contributed by atoms with Gasteiger partial charge >= 0.3 is 0 Å². The Hall–Kier alpha value is -1.85. The van der Waals surface area contributed by atoms with Crippen LogP contribution in [0, 0.1) is 0 Å². The van der Waals surface area contributed by atoms with E-state index in [1.165, 1.54) is 12.1 Å². The van der Waals surface area contributed by atoms with Gasteiger partial charge in [0.1, 0.15) is 0 Å². The minimum absolute atomic E-state index is 0.0780. The number of sulfone groups is 1. The minimum atomic E-state index is -3.34. The molecule has 25 heavy (non-hydrogen) atoms. The fourth-order valence-corrected chi connectivity index (χ4v) is 4.14.